The van der Waals surface area contributed by atoms with Gasteiger partial charge in [-0.05, 0) is 30.0 Å². The SMILES string of the molecule is CCNC(CC1CCC1)CC(OC)(c1ccccc1)c1ccccc1. The molecule has 1 atom stereocenters. The molecule has 0 heterocycles. The van der Waals surface area contributed by atoms with Crippen molar-refractivity contribution in [1.29, 1.82) is 0 Å². The first-order valence-electron chi connectivity index (χ1n) is 9.68. The number of benzene rings is 2. The normalized spacial score (nSPS) is 16.4. The third-order valence-corrected chi connectivity index (χ3v) is 5.70. The molecule has 2 heteroatoms. The second-order valence-corrected chi connectivity index (χ2v) is 7.25. The maximum Gasteiger partial charge on any atom is 0.119 e. The number of rotatable bonds is 9. The molecular formula is C23H31NO. The molecule has 0 aliphatic heterocycles. The lowest BCUT2D eigenvalue weighted by Gasteiger charge is -2.39. The van der Waals surface area contributed by atoms with Crippen LogP contribution >= 0.6 is 0 Å². The Morgan fingerprint density at radius 2 is 1.56 bits per heavy atom. The van der Waals surface area contributed by atoms with E-state index < -0.39 is 5.60 Å². The van der Waals surface area contributed by atoms with Crippen LogP contribution in [0.2, 0.25) is 0 Å². The van der Waals surface area contributed by atoms with Crippen LogP contribution < -0.4 is 5.32 Å². The molecule has 0 bridgehead atoms. The Bertz CT molecular complexity index is 582. The summed E-state index contributed by atoms with van der Waals surface area (Å²) < 4.78 is 6.28. The molecule has 1 unspecified atom stereocenters. The van der Waals surface area contributed by atoms with Gasteiger partial charge in [-0.1, -0.05) is 86.8 Å². The summed E-state index contributed by atoms with van der Waals surface area (Å²) in [7, 11) is 1.85. The molecule has 2 nitrogen and oxygen atoms in total. The van der Waals surface area contributed by atoms with E-state index in [1.165, 1.54) is 36.8 Å². The van der Waals surface area contributed by atoms with E-state index in [0.717, 1.165) is 18.9 Å². The molecule has 1 aliphatic rings. The van der Waals surface area contributed by atoms with Crippen molar-refractivity contribution in [3.05, 3.63) is 71.8 Å². The molecule has 25 heavy (non-hydrogen) atoms. The average Bonchev–Trinajstić information content (AvgIpc) is 2.64. The lowest BCUT2D eigenvalue weighted by molar-refractivity contribution is 0.00262. The van der Waals surface area contributed by atoms with Crippen LogP contribution in [0.25, 0.3) is 0 Å². The molecule has 0 amide bonds. The van der Waals surface area contributed by atoms with Crippen LogP contribution in [0.5, 0.6) is 0 Å². The van der Waals surface area contributed by atoms with Crippen molar-refractivity contribution in [2.24, 2.45) is 5.92 Å². The third-order valence-electron chi connectivity index (χ3n) is 5.70. The Morgan fingerprint density at radius 3 is 1.96 bits per heavy atom. The van der Waals surface area contributed by atoms with Crippen LogP contribution in [0.15, 0.2) is 60.7 Å². The van der Waals surface area contributed by atoms with E-state index in [4.69, 9.17) is 4.74 Å². The molecule has 1 aliphatic carbocycles. The molecule has 3 rings (SSSR count). The molecule has 2 aromatic carbocycles. The highest BCUT2D eigenvalue weighted by Gasteiger charge is 2.37. The zero-order valence-electron chi connectivity index (χ0n) is 15.6. The molecule has 1 N–H and O–H groups in total. The molecule has 2 aromatic rings. The Kier molecular flexibility index (Phi) is 6.28. The van der Waals surface area contributed by atoms with Gasteiger partial charge in [-0.2, -0.15) is 0 Å². The van der Waals surface area contributed by atoms with Gasteiger partial charge >= 0.3 is 0 Å². The van der Waals surface area contributed by atoms with Gasteiger partial charge in [-0.25, -0.2) is 0 Å². The largest absolute Gasteiger partial charge is 0.369 e. The molecular weight excluding hydrogens is 306 g/mol. The smallest absolute Gasteiger partial charge is 0.119 e. The van der Waals surface area contributed by atoms with Gasteiger partial charge in [-0.15, -0.1) is 0 Å². The standard InChI is InChI=1S/C23H31NO/c1-3-24-22(17-19-11-10-12-19)18-23(25-2,20-13-6-4-7-14-20)21-15-8-5-9-16-21/h4-9,13-16,19,22,24H,3,10-12,17-18H2,1-2H3. The fourth-order valence-electron chi connectivity index (χ4n) is 4.14. The zero-order valence-corrected chi connectivity index (χ0v) is 15.6. The molecule has 1 fully saturated rings. The van der Waals surface area contributed by atoms with Gasteiger partial charge in [-0.3, -0.25) is 0 Å². The fourth-order valence-corrected chi connectivity index (χ4v) is 4.14. The summed E-state index contributed by atoms with van der Waals surface area (Å²) in [6.45, 7) is 3.20. The molecule has 0 saturated heterocycles. The number of hydrogen-bond acceptors (Lipinski definition) is 2. The monoisotopic (exact) mass is 337 g/mol. The Hall–Kier alpha value is -1.64. The highest BCUT2D eigenvalue weighted by Crippen LogP contribution is 2.40. The van der Waals surface area contributed by atoms with Crippen LogP contribution in [0.4, 0.5) is 0 Å². The predicted octanol–water partition coefficient (Wildman–Crippen LogP) is 5.14. The van der Waals surface area contributed by atoms with Crippen molar-refractivity contribution in [3.63, 3.8) is 0 Å². The van der Waals surface area contributed by atoms with E-state index >= 15 is 0 Å². The summed E-state index contributed by atoms with van der Waals surface area (Å²) in [6, 6.07) is 21.9. The van der Waals surface area contributed by atoms with Crippen molar-refractivity contribution in [2.75, 3.05) is 13.7 Å². The van der Waals surface area contributed by atoms with Gasteiger partial charge in [0.25, 0.3) is 0 Å². The second kappa shape index (κ2) is 8.64. The van der Waals surface area contributed by atoms with Crippen molar-refractivity contribution in [2.45, 2.75) is 50.7 Å². The lowest BCUT2D eigenvalue weighted by atomic mass is 9.75. The zero-order chi connectivity index (χ0) is 17.5. The van der Waals surface area contributed by atoms with Crippen molar-refractivity contribution in [3.8, 4) is 0 Å². The lowest BCUT2D eigenvalue weighted by Crippen LogP contribution is -2.42. The van der Waals surface area contributed by atoms with E-state index in [-0.39, 0.29) is 0 Å². The first-order chi connectivity index (χ1) is 12.3. The molecule has 1 saturated carbocycles. The van der Waals surface area contributed by atoms with E-state index in [2.05, 4.69) is 72.9 Å². The highest BCUT2D eigenvalue weighted by molar-refractivity contribution is 5.36. The molecule has 0 radical (unpaired) electrons. The minimum atomic E-state index is -0.404. The summed E-state index contributed by atoms with van der Waals surface area (Å²) in [5.74, 6) is 0.880. The number of methoxy groups -OCH3 is 1. The molecule has 134 valence electrons. The summed E-state index contributed by atoms with van der Waals surface area (Å²) in [5.41, 5.74) is 2.07. The maximum absolute atomic E-state index is 6.28. The van der Waals surface area contributed by atoms with Crippen LogP contribution in [0, 0.1) is 5.92 Å². The van der Waals surface area contributed by atoms with Crippen LogP contribution in [0.3, 0.4) is 0 Å². The first-order valence-corrected chi connectivity index (χ1v) is 9.68. The highest BCUT2D eigenvalue weighted by atomic mass is 16.5. The van der Waals surface area contributed by atoms with Crippen molar-refractivity contribution < 1.29 is 4.74 Å². The van der Waals surface area contributed by atoms with Gasteiger partial charge in [0.15, 0.2) is 0 Å². The first kappa shape index (κ1) is 18.2. The number of ether oxygens (including phenoxy) is 1. The van der Waals surface area contributed by atoms with Crippen LogP contribution in [0.1, 0.15) is 50.2 Å². The van der Waals surface area contributed by atoms with E-state index in [9.17, 15) is 0 Å². The summed E-state index contributed by atoms with van der Waals surface area (Å²) in [6.07, 6.45) is 6.38. The maximum atomic E-state index is 6.28. The minimum absolute atomic E-state index is 0.404. The second-order valence-electron chi connectivity index (χ2n) is 7.25. The summed E-state index contributed by atoms with van der Waals surface area (Å²) >= 11 is 0. The van der Waals surface area contributed by atoms with Gasteiger partial charge in [0, 0.05) is 19.6 Å². The van der Waals surface area contributed by atoms with Crippen molar-refractivity contribution in [1.82, 2.24) is 5.32 Å². The quantitative estimate of drug-likeness (QED) is 0.684. The Morgan fingerprint density at radius 1 is 1.00 bits per heavy atom. The van der Waals surface area contributed by atoms with E-state index in [1.807, 2.05) is 7.11 Å². The number of hydrogen-bond donors (Lipinski definition) is 1. The van der Waals surface area contributed by atoms with Gasteiger partial charge in [0.05, 0.1) is 0 Å². The number of nitrogens with one attached hydrogen (secondary N) is 1. The predicted molar refractivity (Wildman–Crippen MR) is 105 cm³/mol. The Balaban J connectivity index is 1.94. The van der Waals surface area contributed by atoms with Crippen LogP contribution in [-0.4, -0.2) is 19.7 Å². The third kappa shape index (κ3) is 4.13. The topological polar surface area (TPSA) is 21.3 Å². The average molecular weight is 338 g/mol. The molecule has 0 spiro atoms. The molecule has 0 aromatic heterocycles. The van der Waals surface area contributed by atoms with Crippen LogP contribution in [-0.2, 0) is 10.3 Å². The Labute approximate surface area is 152 Å². The van der Waals surface area contributed by atoms with Gasteiger partial charge in [0.2, 0.25) is 0 Å². The fraction of sp³-hybridized carbons (Fsp3) is 0.478. The van der Waals surface area contributed by atoms with E-state index in [0.29, 0.717) is 6.04 Å². The van der Waals surface area contributed by atoms with E-state index in [1.54, 1.807) is 0 Å². The summed E-state index contributed by atoms with van der Waals surface area (Å²) in [5, 5.41) is 3.73. The van der Waals surface area contributed by atoms with Crippen molar-refractivity contribution >= 4 is 0 Å². The minimum Gasteiger partial charge on any atom is -0.369 e. The van der Waals surface area contributed by atoms with Gasteiger partial charge in [0.1, 0.15) is 5.60 Å². The van der Waals surface area contributed by atoms with Gasteiger partial charge < -0.3 is 10.1 Å². The summed E-state index contributed by atoms with van der Waals surface area (Å²) in [4.78, 5) is 0.